The summed E-state index contributed by atoms with van der Waals surface area (Å²) in [5.41, 5.74) is 6.57. The second-order valence-electron chi connectivity index (χ2n) is 4.15. The Hall–Kier alpha value is -0.980. The summed E-state index contributed by atoms with van der Waals surface area (Å²) in [6.45, 7) is 7.45. The minimum absolute atomic E-state index is 0.0443. The maximum Gasteiger partial charge on any atom is 0.0991 e. The predicted octanol–water partition coefficient (Wildman–Crippen LogP) is -0.370. The minimum Gasteiger partial charge on any atom is -0.379 e. The van der Waals surface area contributed by atoms with Crippen LogP contribution in [0.25, 0.3) is 0 Å². The molecule has 1 aliphatic heterocycles. The molecule has 0 radical (unpaired) electrons. The Kier molecular flexibility index (Phi) is 3.87. The molecule has 1 aromatic rings. The smallest absolute Gasteiger partial charge is 0.0991 e. The van der Waals surface area contributed by atoms with Crippen LogP contribution >= 0.6 is 0 Å². The summed E-state index contributed by atoms with van der Waals surface area (Å²) in [4.78, 5) is 2.37. The lowest BCUT2D eigenvalue weighted by Crippen LogP contribution is -2.38. The quantitative estimate of drug-likeness (QED) is 0.757. The van der Waals surface area contributed by atoms with Gasteiger partial charge in [0.1, 0.15) is 0 Å². The Morgan fingerprint density at radius 2 is 2.19 bits per heavy atom. The predicted molar refractivity (Wildman–Crippen MR) is 59.9 cm³/mol. The van der Waals surface area contributed by atoms with Crippen molar-refractivity contribution < 1.29 is 4.74 Å². The maximum atomic E-state index is 5.72. The number of ether oxygens (including phenoxy) is 1. The van der Waals surface area contributed by atoms with Crippen LogP contribution in [-0.4, -0.2) is 52.7 Å². The summed E-state index contributed by atoms with van der Waals surface area (Å²) < 4.78 is 7.15. The molecule has 1 aromatic heterocycles. The zero-order valence-corrected chi connectivity index (χ0v) is 9.67. The van der Waals surface area contributed by atoms with Crippen LogP contribution in [-0.2, 0) is 11.3 Å². The number of hydrogen-bond donors (Lipinski definition) is 1. The van der Waals surface area contributed by atoms with E-state index in [0.29, 0.717) is 0 Å². The molecule has 1 atom stereocenters. The molecule has 0 saturated carbocycles. The summed E-state index contributed by atoms with van der Waals surface area (Å²) in [6, 6.07) is -0.0443. The van der Waals surface area contributed by atoms with Crippen molar-refractivity contribution in [2.45, 2.75) is 19.5 Å². The molecular formula is C10H19N5O. The van der Waals surface area contributed by atoms with Gasteiger partial charge in [0, 0.05) is 25.7 Å². The monoisotopic (exact) mass is 225 g/mol. The summed E-state index contributed by atoms with van der Waals surface area (Å²) in [5, 5.41) is 8.07. The molecule has 16 heavy (non-hydrogen) atoms. The van der Waals surface area contributed by atoms with Crippen molar-refractivity contribution in [2.75, 3.05) is 32.8 Å². The SMILES string of the molecule is CC(N)c1cn(CCN2CCOCC2)nn1. The van der Waals surface area contributed by atoms with Crippen LogP contribution in [0, 0.1) is 0 Å². The van der Waals surface area contributed by atoms with Gasteiger partial charge in [-0.15, -0.1) is 5.10 Å². The fourth-order valence-electron chi connectivity index (χ4n) is 1.70. The highest BCUT2D eigenvalue weighted by atomic mass is 16.5. The van der Waals surface area contributed by atoms with Crippen LogP contribution in [0.4, 0.5) is 0 Å². The normalized spacial score (nSPS) is 19.9. The molecule has 1 aliphatic rings. The molecule has 2 rings (SSSR count). The standard InChI is InChI=1S/C10H19N5O/c1-9(11)10-8-15(13-12-10)3-2-14-4-6-16-7-5-14/h8-9H,2-7,11H2,1H3. The van der Waals surface area contributed by atoms with Gasteiger partial charge >= 0.3 is 0 Å². The van der Waals surface area contributed by atoms with Crippen LogP contribution in [0.2, 0.25) is 0 Å². The molecule has 1 unspecified atom stereocenters. The van der Waals surface area contributed by atoms with Gasteiger partial charge in [0.05, 0.1) is 31.6 Å². The number of nitrogens with two attached hydrogens (primary N) is 1. The van der Waals surface area contributed by atoms with E-state index < -0.39 is 0 Å². The van der Waals surface area contributed by atoms with E-state index in [-0.39, 0.29) is 6.04 Å². The fourth-order valence-corrected chi connectivity index (χ4v) is 1.70. The van der Waals surface area contributed by atoms with Gasteiger partial charge in [0.15, 0.2) is 0 Å². The maximum absolute atomic E-state index is 5.72. The number of aromatic nitrogens is 3. The lowest BCUT2D eigenvalue weighted by atomic mass is 10.3. The van der Waals surface area contributed by atoms with Crippen LogP contribution in [0.1, 0.15) is 18.7 Å². The molecule has 90 valence electrons. The van der Waals surface area contributed by atoms with E-state index in [1.807, 2.05) is 17.8 Å². The van der Waals surface area contributed by atoms with E-state index in [4.69, 9.17) is 10.5 Å². The largest absolute Gasteiger partial charge is 0.379 e. The fraction of sp³-hybridized carbons (Fsp3) is 0.800. The van der Waals surface area contributed by atoms with Gasteiger partial charge in [-0.3, -0.25) is 9.58 Å². The van der Waals surface area contributed by atoms with Crippen molar-refractivity contribution in [1.29, 1.82) is 0 Å². The van der Waals surface area contributed by atoms with Crippen LogP contribution in [0.15, 0.2) is 6.20 Å². The van der Waals surface area contributed by atoms with Gasteiger partial charge in [0.2, 0.25) is 0 Å². The van der Waals surface area contributed by atoms with Crippen LogP contribution in [0.5, 0.6) is 0 Å². The lowest BCUT2D eigenvalue weighted by Gasteiger charge is -2.26. The van der Waals surface area contributed by atoms with Gasteiger partial charge in [-0.2, -0.15) is 0 Å². The first-order valence-electron chi connectivity index (χ1n) is 5.71. The van der Waals surface area contributed by atoms with E-state index in [1.165, 1.54) is 0 Å². The summed E-state index contributed by atoms with van der Waals surface area (Å²) in [5.74, 6) is 0. The topological polar surface area (TPSA) is 69.2 Å². The third-order valence-corrected chi connectivity index (χ3v) is 2.77. The molecule has 6 nitrogen and oxygen atoms in total. The zero-order valence-electron chi connectivity index (χ0n) is 9.67. The van der Waals surface area contributed by atoms with Crippen molar-refractivity contribution in [3.05, 3.63) is 11.9 Å². The van der Waals surface area contributed by atoms with Gasteiger partial charge in [-0.25, -0.2) is 0 Å². The summed E-state index contributed by atoms with van der Waals surface area (Å²) >= 11 is 0. The van der Waals surface area contributed by atoms with Crippen LogP contribution < -0.4 is 5.73 Å². The van der Waals surface area contributed by atoms with Gasteiger partial charge in [0.25, 0.3) is 0 Å². The number of morpholine rings is 1. The first-order chi connectivity index (χ1) is 7.75. The highest BCUT2D eigenvalue weighted by Gasteiger charge is 2.10. The number of rotatable bonds is 4. The lowest BCUT2D eigenvalue weighted by molar-refractivity contribution is 0.0359. The Morgan fingerprint density at radius 3 is 2.81 bits per heavy atom. The molecule has 1 saturated heterocycles. The average Bonchev–Trinajstić information content (AvgIpc) is 2.76. The van der Waals surface area contributed by atoms with Crippen LogP contribution in [0.3, 0.4) is 0 Å². The molecule has 2 heterocycles. The molecular weight excluding hydrogens is 206 g/mol. The van der Waals surface area contributed by atoms with Crippen molar-refractivity contribution in [2.24, 2.45) is 5.73 Å². The molecule has 0 spiro atoms. The molecule has 1 fully saturated rings. The van der Waals surface area contributed by atoms with Crippen molar-refractivity contribution >= 4 is 0 Å². The van der Waals surface area contributed by atoms with E-state index in [2.05, 4.69) is 15.2 Å². The highest BCUT2D eigenvalue weighted by Crippen LogP contribution is 2.04. The van der Waals surface area contributed by atoms with E-state index in [1.54, 1.807) is 0 Å². The first-order valence-corrected chi connectivity index (χ1v) is 5.71. The Labute approximate surface area is 95.4 Å². The van der Waals surface area contributed by atoms with Gasteiger partial charge in [-0.05, 0) is 6.92 Å². The van der Waals surface area contributed by atoms with Crippen molar-refractivity contribution in [3.63, 3.8) is 0 Å². The first kappa shape index (κ1) is 11.5. The molecule has 0 aromatic carbocycles. The third-order valence-electron chi connectivity index (χ3n) is 2.77. The Morgan fingerprint density at radius 1 is 1.44 bits per heavy atom. The Balaban J connectivity index is 1.79. The van der Waals surface area contributed by atoms with Crippen molar-refractivity contribution in [3.8, 4) is 0 Å². The van der Waals surface area contributed by atoms with E-state index in [0.717, 1.165) is 45.1 Å². The average molecular weight is 225 g/mol. The molecule has 0 bridgehead atoms. The van der Waals surface area contributed by atoms with E-state index in [9.17, 15) is 0 Å². The van der Waals surface area contributed by atoms with Gasteiger partial charge in [-0.1, -0.05) is 5.21 Å². The van der Waals surface area contributed by atoms with Gasteiger partial charge < -0.3 is 10.5 Å². The number of hydrogen-bond acceptors (Lipinski definition) is 5. The summed E-state index contributed by atoms with van der Waals surface area (Å²) in [7, 11) is 0. The van der Waals surface area contributed by atoms with Crippen molar-refractivity contribution in [1.82, 2.24) is 19.9 Å². The highest BCUT2D eigenvalue weighted by molar-refractivity contribution is 4.97. The Bertz CT molecular complexity index is 319. The molecule has 6 heteroatoms. The minimum atomic E-state index is -0.0443. The third kappa shape index (κ3) is 3.01. The second kappa shape index (κ2) is 5.38. The molecule has 2 N–H and O–H groups in total. The zero-order chi connectivity index (χ0) is 11.4. The second-order valence-corrected chi connectivity index (χ2v) is 4.15. The number of nitrogens with zero attached hydrogens (tertiary/aromatic N) is 4. The summed E-state index contributed by atoms with van der Waals surface area (Å²) in [6.07, 6.45) is 1.92. The molecule has 0 aliphatic carbocycles. The van der Waals surface area contributed by atoms with E-state index >= 15 is 0 Å². The molecule has 0 amide bonds.